The average molecular weight is 554 g/mol. The summed E-state index contributed by atoms with van der Waals surface area (Å²) in [5.41, 5.74) is -0.796. The maximum atomic E-state index is 13.0. The molecule has 0 aliphatic rings. The van der Waals surface area contributed by atoms with Gasteiger partial charge in [-0.2, -0.15) is 0 Å². The average Bonchev–Trinajstić information content (AvgIpc) is 2.92. The molecule has 2 aromatic carbocycles. The molecular weight excluding hydrogens is 518 g/mol. The van der Waals surface area contributed by atoms with Crippen LogP contribution in [0.4, 0.5) is 0 Å². The third-order valence-corrected chi connectivity index (χ3v) is 6.72. The highest BCUT2D eigenvalue weighted by atomic mass is 16.5. The van der Waals surface area contributed by atoms with Gasteiger partial charge in [0.2, 0.25) is 0 Å². The van der Waals surface area contributed by atoms with Gasteiger partial charge in [-0.1, -0.05) is 18.2 Å². The predicted octanol–water partition coefficient (Wildman–Crippen LogP) is 3.17. The largest absolute Gasteiger partial charge is 0.490 e. The molecule has 0 bridgehead atoms. The van der Waals surface area contributed by atoms with E-state index in [0.29, 0.717) is 59.5 Å². The van der Waals surface area contributed by atoms with Crippen molar-refractivity contribution in [2.45, 2.75) is 32.1 Å². The molecule has 4 aromatic rings. The zero-order valence-corrected chi connectivity index (χ0v) is 23.1. The van der Waals surface area contributed by atoms with Crippen molar-refractivity contribution in [1.29, 1.82) is 0 Å². The van der Waals surface area contributed by atoms with Crippen molar-refractivity contribution >= 4 is 21.9 Å². The Hall–Kier alpha value is -3.54. The standard InChI is InChI=1S/C30H35NO9/c1-30(2,35)26(32)18-38-25-10-9-20-21(22-15-19-7-5-6-8-24(19)39-29(22)34)16-27(33)40-28(20)23(25)17-31(11-13-36-3)12-14-37-4/h5-10,15-16,26,32,35H,11-14,17-18H2,1-4H3. The number of nitrogens with zero attached hydrogens (tertiary/aromatic N) is 1. The van der Waals surface area contributed by atoms with Gasteiger partial charge in [-0.15, -0.1) is 0 Å². The lowest BCUT2D eigenvalue weighted by Gasteiger charge is -2.26. The number of benzene rings is 2. The number of ether oxygens (including phenoxy) is 3. The van der Waals surface area contributed by atoms with Crippen molar-refractivity contribution < 1.29 is 33.3 Å². The van der Waals surface area contributed by atoms with E-state index in [4.69, 9.17) is 23.0 Å². The Morgan fingerprint density at radius 2 is 1.65 bits per heavy atom. The molecule has 0 aliphatic carbocycles. The van der Waals surface area contributed by atoms with Crippen LogP contribution >= 0.6 is 0 Å². The SMILES string of the molecule is COCCN(CCOC)Cc1c(OCC(O)C(C)(C)O)ccc2c(-c3cc4ccccc4oc3=O)cc(=O)oc12. The Labute approximate surface area is 231 Å². The summed E-state index contributed by atoms with van der Waals surface area (Å²) >= 11 is 0. The highest BCUT2D eigenvalue weighted by molar-refractivity contribution is 5.97. The topological polar surface area (TPSA) is 132 Å². The Kier molecular flexibility index (Phi) is 9.39. The number of fused-ring (bicyclic) bond motifs is 2. The number of rotatable bonds is 13. The lowest BCUT2D eigenvalue weighted by Crippen LogP contribution is -2.40. The number of hydrogen-bond acceptors (Lipinski definition) is 10. The van der Waals surface area contributed by atoms with Crippen LogP contribution in [0.1, 0.15) is 19.4 Å². The molecule has 10 heteroatoms. The molecule has 2 heterocycles. The van der Waals surface area contributed by atoms with Crippen molar-refractivity contribution in [3.05, 3.63) is 74.9 Å². The summed E-state index contributed by atoms with van der Waals surface area (Å²) in [7, 11) is 3.22. The number of para-hydroxylation sites is 1. The quantitative estimate of drug-likeness (QED) is 0.238. The van der Waals surface area contributed by atoms with Gasteiger partial charge in [0, 0.05) is 56.3 Å². The van der Waals surface area contributed by atoms with Gasteiger partial charge in [0.25, 0.3) is 0 Å². The van der Waals surface area contributed by atoms with Gasteiger partial charge < -0.3 is 33.3 Å². The second-order valence-corrected chi connectivity index (χ2v) is 10.1. The van der Waals surface area contributed by atoms with Gasteiger partial charge in [-0.25, -0.2) is 9.59 Å². The molecule has 1 unspecified atom stereocenters. The predicted molar refractivity (Wildman–Crippen MR) is 151 cm³/mol. The fourth-order valence-electron chi connectivity index (χ4n) is 4.33. The van der Waals surface area contributed by atoms with E-state index in [0.717, 1.165) is 0 Å². The highest BCUT2D eigenvalue weighted by Crippen LogP contribution is 2.34. The lowest BCUT2D eigenvalue weighted by atomic mass is 9.99. The molecule has 0 spiro atoms. The molecule has 2 N–H and O–H groups in total. The molecule has 40 heavy (non-hydrogen) atoms. The second-order valence-electron chi connectivity index (χ2n) is 10.1. The van der Waals surface area contributed by atoms with Crippen LogP contribution in [0, 0.1) is 0 Å². The van der Waals surface area contributed by atoms with Crippen molar-refractivity contribution in [2.75, 3.05) is 47.1 Å². The van der Waals surface area contributed by atoms with Crippen molar-refractivity contribution in [3.8, 4) is 16.9 Å². The molecular formula is C30H35NO9. The van der Waals surface area contributed by atoms with Crippen LogP contribution in [0.5, 0.6) is 5.75 Å². The third-order valence-electron chi connectivity index (χ3n) is 6.72. The Morgan fingerprint density at radius 1 is 0.950 bits per heavy atom. The monoisotopic (exact) mass is 553 g/mol. The Morgan fingerprint density at radius 3 is 2.33 bits per heavy atom. The molecule has 0 amide bonds. The van der Waals surface area contributed by atoms with E-state index in [9.17, 15) is 19.8 Å². The molecule has 0 aliphatic heterocycles. The summed E-state index contributed by atoms with van der Waals surface area (Å²) < 4.78 is 27.8. The molecule has 1 atom stereocenters. The molecule has 0 saturated carbocycles. The normalized spacial score (nSPS) is 12.9. The van der Waals surface area contributed by atoms with Crippen molar-refractivity contribution in [3.63, 3.8) is 0 Å². The van der Waals surface area contributed by atoms with Crippen LogP contribution in [-0.4, -0.2) is 73.9 Å². The van der Waals surface area contributed by atoms with E-state index in [1.54, 1.807) is 44.6 Å². The highest BCUT2D eigenvalue weighted by Gasteiger charge is 2.26. The van der Waals surface area contributed by atoms with Crippen LogP contribution in [-0.2, 0) is 16.0 Å². The molecule has 2 aromatic heterocycles. The van der Waals surface area contributed by atoms with Gasteiger partial charge in [0.05, 0.1) is 29.9 Å². The number of hydrogen-bond donors (Lipinski definition) is 2. The zero-order valence-electron chi connectivity index (χ0n) is 23.1. The van der Waals surface area contributed by atoms with E-state index in [1.807, 2.05) is 12.1 Å². The molecule has 0 radical (unpaired) electrons. The molecule has 0 fully saturated rings. The number of methoxy groups -OCH3 is 2. The summed E-state index contributed by atoms with van der Waals surface area (Å²) in [4.78, 5) is 27.9. The lowest BCUT2D eigenvalue weighted by molar-refractivity contribution is -0.0663. The number of aliphatic hydroxyl groups is 2. The van der Waals surface area contributed by atoms with Gasteiger partial charge in [-0.3, -0.25) is 4.90 Å². The van der Waals surface area contributed by atoms with Gasteiger partial charge >= 0.3 is 11.3 Å². The first-order valence-corrected chi connectivity index (χ1v) is 13.0. The van der Waals surface area contributed by atoms with Crippen LogP contribution in [0.15, 0.2) is 67.0 Å². The fraction of sp³-hybridized carbons (Fsp3) is 0.400. The van der Waals surface area contributed by atoms with E-state index in [2.05, 4.69) is 4.90 Å². The first kappa shape index (κ1) is 29.4. The van der Waals surface area contributed by atoms with E-state index >= 15 is 0 Å². The molecule has 214 valence electrons. The van der Waals surface area contributed by atoms with Gasteiger partial charge in [0.15, 0.2) is 0 Å². The van der Waals surface area contributed by atoms with Crippen LogP contribution in [0.2, 0.25) is 0 Å². The third kappa shape index (κ3) is 6.78. The van der Waals surface area contributed by atoms with Crippen LogP contribution in [0.25, 0.3) is 33.1 Å². The molecule has 4 rings (SSSR count). The fourth-order valence-corrected chi connectivity index (χ4v) is 4.33. The summed E-state index contributed by atoms with van der Waals surface area (Å²) in [6, 6.07) is 13.5. The summed E-state index contributed by atoms with van der Waals surface area (Å²) in [6.45, 7) is 5.08. The van der Waals surface area contributed by atoms with Crippen molar-refractivity contribution in [1.82, 2.24) is 4.90 Å². The van der Waals surface area contributed by atoms with Crippen LogP contribution in [0.3, 0.4) is 0 Å². The van der Waals surface area contributed by atoms with E-state index < -0.39 is 23.0 Å². The van der Waals surface area contributed by atoms with Crippen LogP contribution < -0.4 is 16.0 Å². The first-order valence-electron chi connectivity index (χ1n) is 13.0. The minimum Gasteiger partial charge on any atom is -0.490 e. The zero-order chi connectivity index (χ0) is 28.9. The maximum Gasteiger partial charge on any atom is 0.344 e. The number of aliphatic hydroxyl groups excluding tert-OH is 1. The minimum absolute atomic E-state index is 0.198. The van der Waals surface area contributed by atoms with Gasteiger partial charge in [-0.05, 0) is 38.1 Å². The molecule has 0 saturated heterocycles. The summed E-state index contributed by atoms with van der Waals surface area (Å²) in [5, 5.41) is 21.8. The molecule has 10 nitrogen and oxygen atoms in total. The van der Waals surface area contributed by atoms with E-state index in [-0.39, 0.29) is 24.3 Å². The maximum absolute atomic E-state index is 13.0. The van der Waals surface area contributed by atoms with Crippen molar-refractivity contribution in [2.24, 2.45) is 0 Å². The van der Waals surface area contributed by atoms with E-state index in [1.165, 1.54) is 19.9 Å². The smallest absolute Gasteiger partial charge is 0.344 e. The summed E-state index contributed by atoms with van der Waals surface area (Å²) in [5.74, 6) is 0.362. The second kappa shape index (κ2) is 12.8. The minimum atomic E-state index is -1.39. The Balaban J connectivity index is 1.88. The Bertz CT molecular complexity index is 1560. The first-order chi connectivity index (χ1) is 19.1. The van der Waals surface area contributed by atoms with Gasteiger partial charge in [0.1, 0.15) is 29.6 Å². The summed E-state index contributed by atoms with van der Waals surface area (Å²) in [6.07, 6.45) is -1.17.